The summed E-state index contributed by atoms with van der Waals surface area (Å²) in [4.78, 5) is 11.1. The zero-order valence-corrected chi connectivity index (χ0v) is 11.7. The summed E-state index contributed by atoms with van der Waals surface area (Å²) in [6.07, 6.45) is 4.07. The number of nitrogens with one attached hydrogen (secondary N) is 1. The summed E-state index contributed by atoms with van der Waals surface area (Å²) in [6.45, 7) is 10.1. The molecule has 0 radical (unpaired) electrons. The molecule has 0 saturated carbocycles. The Morgan fingerprint density at radius 2 is 2.06 bits per heavy atom. The second kappa shape index (κ2) is 6.14. The van der Waals surface area contributed by atoms with Crippen LogP contribution in [0.4, 0.5) is 5.82 Å². The summed E-state index contributed by atoms with van der Waals surface area (Å²) in [7, 11) is 0. The van der Waals surface area contributed by atoms with Crippen LogP contribution in [0.15, 0.2) is 12.4 Å². The van der Waals surface area contributed by atoms with E-state index in [1.165, 1.54) is 25.9 Å². The van der Waals surface area contributed by atoms with Crippen LogP contribution in [0.5, 0.6) is 0 Å². The van der Waals surface area contributed by atoms with Gasteiger partial charge in [-0.3, -0.25) is 0 Å². The van der Waals surface area contributed by atoms with Crippen LogP contribution in [0.1, 0.15) is 45.2 Å². The van der Waals surface area contributed by atoms with Crippen molar-refractivity contribution in [3.63, 3.8) is 0 Å². The van der Waals surface area contributed by atoms with E-state index in [1.54, 1.807) is 6.33 Å². The number of piperidine rings is 1. The van der Waals surface area contributed by atoms with Crippen molar-refractivity contribution in [3.8, 4) is 0 Å². The highest BCUT2D eigenvalue weighted by molar-refractivity contribution is 5.36. The maximum absolute atomic E-state index is 4.32. The van der Waals surface area contributed by atoms with E-state index in [0.29, 0.717) is 12.0 Å². The molecular weight excluding hydrogens is 224 g/mol. The largest absolute Gasteiger partial charge is 0.367 e. The first-order valence-electron chi connectivity index (χ1n) is 7.00. The van der Waals surface area contributed by atoms with Gasteiger partial charge in [-0.15, -0.1) is 0 Å². The van der Waals surface area contributed by atoms with Crippen molar-refractivity contribution in [1.29, 1.82) is 0 Å². The molecule has 1 N–H and O–H groups in total. The van der Waals surface area contributed by atoms with E-state index in [-0.39, 0.29) is 0 Å². The average molecular weight is 248 g/mol. The van der Waals surface area contributed by atoms with Gasteiger partial charge in [-0.2, -0.15) is 0 Å². The molecule has 2 heterocycles. The molecule has 1 aliphatic rings. The van der Waals surface area contributed by atoms with Crippen LogP contribution in [0.3, 0.4) is 0 Å². The molecule has 0 aliphatic carbocycles. The minimum atomic E-state index is 0.454. The fraction of sp³-hybridized carbons (Fsp3) is 0.714. The van der Waals surface area contributed by atoms with Gasteiger partial charge in [0.15, 0.2) is 0 Å². The molecule has 2 rings (SSSR count). The van der Waals surface area contributed by atoms with Crippen molar-refractivity contribution >= 4 is 5.82 Å². The molecule has 18 heavy (non-hydrogen) atoms. The van der Waals surface area contributed by atoms with Gasteiger partial charge in [0, 0.05) is 30.9 Å². The van der Waals surface area contributed by atoms with Crippen molar-refractivity contribution in [1.82, 2.24) is 14.9 Å². The first kappa shape index (κ1) is 13.3. The number of rotatable bonds is 4. The maximum atomic E-state index is 4.32. The summed E-state index contributed by atoms with van der Waals surface area (Å²) in [6, 6.07) is 2.64. The topological polar surface area (TPSA) is 41.0 Å². The Balaban J connectivity index is 1.92. The normalized spacial score (nSPS) is 18.2. The SMILES string of the molecule is CCN1CCC(Nc2cc(C(C)C)ncn2)CC1. The van der Waals surface area contributed by atoms with Crippen LogP contribution in [-0.4, -0.2) is 40.5 Å². The smallest absolute Gasteiger partial charge is 0.129 e. The number of hydrogen-bond donors (Lipinski definition) is 1. The van der Waals surface area contributed by atoms with Crippen molar-refractivity contribution in [2.24, 2.45) is 0 Å². The molecule has 0 unspecified atom stereocenters. The molecule has 0 atom stereocenters. The van der Waals surface area contributed by atoms with Gasteiger partial charge in [0.1, 0.15) is 12.1 Å². The van der Waals surface area contributed by atoms with Crippen LogP contribution in [0.25, 0.3) is 0 Å². The molecule has 1 aromatic rings. The van der Waals surface area contributed by atoms with E-state index in [0.717, 1.165) is 18.1 Å². The van der Waals surface area contributed by atoms with Crippen LogP contribution in [-0.2, 0) is 0 Å². The van der Waals surface area contributed by atoms with Crippen LogP contribution < -0.4 is 5.32 Å². The molecule has 1 aromatic heterocycles. The number of likely N-dealkylation sites (tertiary alicyclic amines) is 1. The summed E-state index contributed by atoms with van der Waals surface area (Å²) in [5, 5.41) is 3.54. The summed E-state index contributed by atoms with van der Waals surface area (Å²) >= 11 is 0. The van der Waals surface area contributed by atoms with Crippen molar-refractivity contribution < 1.29 is 0 Å². The van der Waals surface area contributed by atoms with Gasteiger partial charge in [-0.1, -0.05) is 20.8 Å². The lowest BCUT2D eigenvalue weighted by atomic mass is 10.0. The Labute approximate surface area is 110 Å². The van der Waals surface area contributed by atoms with Gasteiger partial charge in [-0.25, -0.2) is 9.97 Å². The Morgan fingerprint density at radius 1 is 1.33 bits per heavy atom. The Kier molecular flexibility index (Phi) is 4.53. The molecule has 1 aliphatic heterocycles. The molecule has 100 valence electrons. The highest BCUT2D eigenvalue weighted by Crippen LogP contribution is 2.17. The van der Waals surface area contributed by atoms with Gasteiger partial charge >= 0.3 is 0 Å². The molecule has 0 amide bonds. The molecule has 4 nitrogen and oxygen atoms in total. The highest BCUT2D eigenvalue weighted by Gasteiger charge is 2.18. The van der Waals surface area contributed by atoms with Gasteiger partial charge in [-0.05, 0) is 25.3 Å². The predicted molar refractivity (Wildman–Crippen MR) is 74.9 cm³/mol. The summed E-state index contributed by atoms with van der Waals surface area (Å²) in [5.41, 5.74) is 1.11. The van der Waals surface area contributed by atoms with Crippen LogP contribution in [0.2, 0.25) is 0 Å². The predicted octanol–water partition coefficient (Wildman–Crippen LogP) is 2.50. The first-order chi connectivity index (χ1) is 8.69. The average Bonchev–Trinajstić information content (AvgIpc) is 2.40. The number of hydrogen-bond acceptors (Lipinski definition) is 4. The molecule has 1 saturated heterocycles. The molecule has 4 heteroatoms. The standard InChI is InChI=1S/C14H24N4/c1-4-18-7-5-12(6-8-18)17-14-9-13(11(2)3)15-10-16-14/h9-12H,4-8H2,1-3H3,(H,15,16,17). The molecule has 0 bridgehead atoms. The Hall–Kier alpha value is -1.16. The number of nitrogens with zero attached hydrogens (tertiary/aromatic N) is 3. The van der Waals surface area contributed by atoms with E-state index in [2.05, 4.69) is 47.0 Å². The fourth-order valence-corrected chi connectivity index (χ4v) is 2.37. The van der Waals surface area contributed by atoms with Crippen molar-refractivity contribution in [3.05, 3.63) is 18.1 Å². The Morgan fingerprint density at radius 3 is 2.67 bits per heavy atom. The second-order valence-electron chi connectivity index (χ2n) is 5.34. The van der Waals surface area contributed by atoms with Gasteiger partial charge in [0.25, 0.3) is 0 Å². The third-order valence-electron chi connectivity index (χ3n) is 3.67. The lowest BCUT2D eigenvalue weighted by molar-refractivity contribution is 0.229. The van der Waals surface area contributed by atoms with Gasteiger partial charge in [0.2, 0.25) is 0 Å². The maximum Gasteiger partial charge on any atom is 0.129 e. The lowest BCUT2D eigenvalue weighted by Crippen LogP contribution is -2.39. The van der Waals surface area contributed by atoms with Crippen LogP contribution >= 0.6 is 0 Å². The van der Waals surface area contributed by atoms with Crippen molar-refractivity contribution in [2.45, 2.75) is 45.6 Å². The Bertz CT molecular complexity index is 370. The monoisotopic (exact) mass is 248 g/mol. The lowest BCUT2D eigenvalue weighted by Gasteiger charge is -2.31. The third kappa shape index (κ3) is 3.42. The van der Waals surface area contributed by atoms with Gasteiger partial charge in [0.05, 0.1) is 0 Å². The third-order valence-corrected chi connectivity index (χ3v) is 3.67. The van der Waals surface area contributed by atoms with Gasteiger partial charge < -0.3 is 10.2 Å². The fourth-order valence-electron chi connectivity index (χ4n) is 2.37. The highest BCUT2D eigenvalue weighted by atomic mass is 15.1. The van der Waals surface area contributed by atoms with E-state index in [1.807, 2.05) is 0 Å². The minimum absolute atomic E-state index is 0.454. The molecule has 0 spiro atoms. The zero-order chi connectivity index (χ0) is 13.0. The molecular formula is C14H24N4. The second-order valence-corrected chi connectivity index (χ2v) is 5.34. The quantitative estimate of drug-likeness (QED) is 0.889. The summed E-state index contributed by atoms with van der Waals surface area (Å²) < 4.78 is 0. The van der Waals surface area contributed by atoms with E-state index in [9.17, 15) is 0 Å². The zero-order valence-electron chi connectivity index (χ0n) is 11.7. The van der Waals surface area contributed by atoms with Crippen LogP contribution in [0, 0.1) is 0 Å². The number of anilines is 1. The van der Waals surface area contributed by atoms with Crippen molar-refractivity contribution in [2.75, 3.05) is 25.0 Å². The number of aromatic nitrogens is 2. The summed E-state index contributed by atoms with van der Waals surface area (Å²) in [5.74, 6) is 1.43. The van der Waals surface area contributed by atoms with E-state index in [4.69, 9.17) is 0 Å². The molecule has 1 fully saturated rings. The van der Waals surface area contributed by atoms with E-state index < -0.39 is 0 Å². The minimum Gasteiger partial charge on any atom is -0.367 e. The van der Waals surface area contributed by atoms with E-state index >= 15 is 0 Å². The molecule has 0 aromatic carbocycles. The first-order valence-corrected chi connectivity index (χ1v) is 7.00.